The largest absolute Gasteiger partial charge is 0.379 e. The Morgan fingerprint density at radius 3 is 2.35 bits per heavy atom. The molecule has 0 unspecified atom stereocenters. The van der Waals surface area contributed by atoms with E-state index >= 15 is 0 Å². The lowest BCUT2D eigenvalue weighted by Gasteiger charge is -2.40. The maximum Gasteiger partial charge on any atom is 0.236 e. The van der Waals surface area contributed by atoms with Gasteiger partial charge in [-0.25, -0.2) is 0 Å². The lowest BCUT2D eigenvalue weighted by atomic mass is 10.0. The van der Waals surface area contributed by atoms with Crippen molar-refractivity contribution < 1.29 is 9.53 Å². The SMILES string of the molecule is CC(C)N(C)CC(=O)N1CCC(N2CCOCC2)CC1. The first-order chi connectivity index (χ1) is 9.58. The lowest BCUT2D eigenvalue weighted by molar-refractivity contribution is -0.134. The van der Waals surface area contributed by atoms with Crippen LogP contribution in [0.2, 0.25) is 0 Å². The number of nitrogens with zero attached hydrogens (tertiary/aromatic N) is 3. The predicted octanol–water partition coefficient (Wildman–Crippen LogP) is 0.650. The molecule has 2 saturated heterocycles. The summed E-state index contributed by atoms with van der Waals surface area (Å²) in [5.74, 6) is 0.279. The fourth-order valence-electron chi connectivity index (χ4n) is 2.92. The van der Waals surface area contributed by atoms with Gasteiger partial charge in [0.2, 0.25) is 5.91 Å². The van der Waals surface area contributed by atoms with Crippen molar-refractivity contribution in [2.45, 2.75) is 38.8 Å². The molecule has 0 atom stereocenters. The van der Waals surface area contributed by atoms with Gasteiger partial charge in [-0.15, -0.1) is 0 Å². The highest BCUT2D eigenvalue weighted by Crippen LogP contribution is 2.18. The van der Waals surface area contributed by atoms with Crippen LogP contribution in [0.25, 0.3) is 0 Å². The summed E-state index contributed by atoms with van der Waals surface area (Å²) in [6.07, 6.45) is 2.22. The Morgan fingerprint density at radius 2 is 1.80 bits per heavy atom. The van der Waals surface area contributed by atoms with E-state index in [9.17, 15) is 4.79 Å². The van der Waals surface area contributed by atoms with Gasteiger partial charge in [0.25, 0.3) is 0 Å². The van der Waals surface area contributed by atoms with Crippen LogP contribution in [0.5, 0.6) is 0 Å². The average Bonchev–Trinajstić information content (AvgIpc) is 2.48. The van der Waals surface area contributed by atoms with Crippen molar-refractivity contribution in [1.82, 2.24) is 14.7 Å². The summed E-state index contributed by atoms with van der Waals surface area (Å²) in [6.45, 7) is 10.4. The van der Waals surface area contributed by atoms with Crippen molar-refractivity contribution in [3.63, 3.8) is 0 Å². The number of carbonyl (C=O) groups excluding carboxylic acids is 1. The Hall–Kier alpha value is -0.650. The minimum Gasteiger partial charge on any atom is -0.379 e. The first-order valence-corrected chi connectivity index (χ1v) is 7.87. The van der Waals surface area contributed by atoms with Gasteiger partial charge in [0, 0.05) is 38.3 Å². The smallest absolute Gasteiger partial charge is 0.236 e. The molecule has 0 aliphatic carbocycles. The summed E-state index contributed by atoms with van der Waals surface area (Å²) < 4.78 is 5.40. The Bertz CT molecular complexity index is 308. The molecule has 5 heteroatoms. The third-order valence-corrected chi connectivity index (χ3v) is 4.65. The summed E-state index contributed by atoms with van der Waals surface area (Å²) in [5.41, 5.74) is 0. The molecule has 20 heavy (non-hydrogen) atoms. The molecule has 0 radical (unpaired) electrons. The van der Waals surface area contributed by atoms with Gasteiger partial charge in [-0.1, -0.05) is 0 Å². The van der Waals surface area contributed by atoms with Gasteiger partial charge in [-0.05, 0) is 33.7 Å². The zero-order valence-electron chi connectivity index (χ0n) is 13.2. The second-order valence-electron chi connectivity index (χ2n) is 6.27. The van der Waals surface area contributed by atoms with E-state index in [1.54, 1.807) is 0 Å². The Labute approximate surface area is 122 Å². The number of amides is 1. The van der Waals surface area contributed by atoms with Crippen LogP contribution in [0.15, 0.2) is 0 Å². The molecule has 0 spiro atoms. The maximum atomic E-state index is 12.2. The number of morpholine rings is 1. The van der Waals surface area contributed by atoms with Crippen molar-refractivity contribution in [1.29, 1.82) is 0 Å². The van der Waals surface area contributed by atoms with E-state index in [2.05, 4.69) is 23.6 Å². The van der Waals surface area contributed by atoms with Gasteiger partial charge in [-0.2, -0.15) is 0 Å². The summed E-state index contributed by atoms with van der Waals surface area (Å²) in [5, 5.41) is 0. The van der Waals surface area contributed by atoms with Gasteiger partial charge in [0.05, 0.1) is 19.8 Å². The first-order valence-electron chi connectivity index (χ1n) is 7.87. The van der Waals surface area contributed by atoms with Gasteiger partial charge in [0.1, 0.15) is 0 Å². The molecule has 5 nitrogen and oxygen atoms in total. The number of rotatable bonds is 4. The molecule has 2 aliphatic heterocycles. The Kier molecular flexibility index (Phi) is 5.81. The average molecular weight is 283 g/mol. The first kappa shape index (κ1) is 15.7. The number of piperidine rings is 1. The fourth-order valence-corrected chi connectivity index (χ4v) is 2.92. The topological polar surface area (TPSA) is 36.0 Å². The molecule has 1 amide bonds. The second kappa shape index (κ2) is 7.38. The van der Waals surface area contributed by atoms with Crippen LogP contribution >= 0.6 is 0 Å². The van der Waals surface area contributed by atoms with Crippen LogP contribution in [0.3, 0.4) is 0 Å². The molecule has 2 rings (SSSR count). The van der Waals surface area contributed by atoms with E-state index < -0.39 is 0 Å². The summed E-state index contributed by atoms with van der Waals surface area (Å²) in [6, 6.07) is 1.07. The van der Waals surface area contributed by atoms with E-state index in [-0.39, 0.29) is 5.91 Å². The highest BCUT2D eigenvalue weighted by atomic mass is 16.5. The minimum absolute atomic E-state index is 0.279. The number of hydrogen-bond acceptors (Lipinski definition) is 4. The third-order valence-electron chi connectivity index (χ3n) is 4.65. The van der Waals surface area contributed by atoms with E-state index in [1.807, 2.05) is 11.9 Å². The Morgan fingerprint density at radius 1 is 1.20 bits per heavy atom. The Balaban J connectivity index is 1.74. The molecule has 0 aromatic carbocycles. The third kappa shape index (κ3) is 4.17. The molecule has 116 valence electrons. The van der Waals surface area contributed by atoms with Gasteiger partial charge >= 0.3 is 0 Å². The summed E-state index contributed by atoms with van der Waals surface area (Å²) in [7, 11) is 2.02. The maximum absolute atomic E-state index is 12.2. The van der Waals surface area contributed by atoms with Crippen molar-refractivity contribution in [2.75, 3.05) is 53.0 Å². The van der Waals surface area contributed by atoms with Gasteiger partial charge in [-0.3, -0.25) is 14.6 Å². The standard InChI is InChI=1S/C15H29N3O2/c1-13(2)16(3)12-15(19)18-6-4-14(5-7-18)17-8-10-20-11-9-17/h13-14H,4-12H2,1-3H3. The van der Waals surface area contributed by atoms with Gasteiger partial charge < -0.3 is 9.64 Å². The van der Waals surface area contributed by atoms with Crippen molar-refractivity contribution in [2.24, 2.45) is 0 Å². The molecule has 0 aromatic rings. The number of ether oxygens (including phenoxy) is 1. The molecule has 2 fully saturated rings. The molecule has 0 saturated carbocycles. The van der Waals surface area contributed by atoms with E-state index in [1.165, 1.54) is 0 Å². The van der Waals surface area contributed by atoms with E-state index in [0.29, 0.717) is 18.6 Å². The number of likely N-dealkylation sites (tertiary alicyclic amines) is 1. The van der Waals surface area contributed by atoms with Crippen molar-refractivity contribution in [3.8, 4) is 0 Å². The van der Waals surface area contributed by atoms with Crippen LogP contribution in [0.4, 0.5) is 0 Å². The molecular formula is C15H29N3O2. The molecule has 2 aliphatic rings. The highest BCUT2D eigenvalue weighted by molar-refractivity contribution is 5.78. The van der Waals surface area contributed by atoms with Crippen LogP contribution in [-0.4, -0.2) is 85.7 Å². The van der Waals surface area contributed by atoms with Crippen LogP contribution in [0.1, 0.15) is 26.7 Å². The monoisotopic (exact) mass is 283 g/mol. The summed E-state index contributed by atoms with van der Waals surface area (Å²) in [4.78, 5) is 18.9. The quantitative estimate of drug-likeness (QED) is 0.759. The molecule has 0 N–H and O–H groups in total. The normalized spacial score (nSPS) is 22.8. The number of carbonyl (C=O) groups is 1. The number of likely N-dealkylation sites (N-methyl/N-ethyl adjacent to an activating group) is 1. The van der Waals surface area contributed by atoms with Crippen molar-refractivity contribution in [3.05, 3.63) is 0 Å². The van der Waals surface area contributed by atoms with Crippen LogP contribution in [0, 0.1) is 0 Å². The molecule has 0 bridgehead atoms. The molecule has 2 heterocycles. The second-order valence-corrected chi connectivity index (χ2v) is 6.27. The van der Waals surface area contributed by atoms with E-state index in [0.717, 1.165) is 52.2 Å². The van der Waals surface area contributed by atoms with E-state index in [4.69, 9.17) is 4.74 Å². The lowest BCUT2D eigenvalue weighted by Crippen LogP contribution is -2.51. The number of hydrogen-bond donors (Lipinski definition) is 0. The van der Waals surface area contributed by atoms with Crippen LogP contribution in [-0.2, 0) is 9.53 Å². The summed E-state index contributed by atoms with van der Waals surface area (Å²) >= 11 is 0. The fraction of sp³-hybridized carbons (Fsp3) is 0.933. The predicted molar refractivity (Wildman–Crippen MR) is 79.8 cm³/mol. The van der Waals surface area contributed by atoms with Crippen LogP contribution < -0.4 is 0 Å². The zero-order valence-corrected chi connectivity index (χ0v) is 13.2. The van der Waals surface area contributed by atoms with Crippen molar-refractivity contribution >= 4 is 5.91 Å². The van der Waals surface area contributed by atoms with Gasteiger partial charge in [0.15, 0.2) is 0 Å². The zero-order chi connectivity index (χ0) is 14.5. The molecular weight excluding hydrogens is 254 g/mol. The minimum atomic E-state index is 0.279. The highest BCUT2D eigenvalue weighted by Gasteiger charge is 2.28. The molecule has 0 aromatic heterocycles.